The molecule has 0 radical (unpaired) electrons. The van der Waals surface area contributed by atoms with Crippen LogP contribution in [0.3, 0.4) is 0 Å². The highest BCUT2D eigenvalue weighted by Crippen LogP contribution is 2.16. The molecule has 0 rings (SSSR count). The first kappa shape index (κ1) is 24.0. The average Bonchev–Trinajstić information content (AvgIpc) is 2.51. The number of amides is 2. The van der Waals surface area contributed by atoms with E-state index in [9.17, 15) is 40.7 Å². The molecule has 6 nitrogen and oxygen atoms in total. The molecule has 0 aliphatic heterocycles. The van der Waals surface area contributed by atoms with Gasteiger partial charge in [-0.15, -0.1) is 0 Å². The van der Waals surface area contributed by atoms with E-state index in [1.165, 1.54) is 5.32 Å². The maximum atomic E-state index is 12.3. The van der Waals surface area contributed by atoms with Crippen molar-refractivity contribution in [3.63, 3.8) is 0 Å². The average molecular weight is 394 g/mol. The van der Waals surface area contributed by atoms with Gasteiger partial charge in [0.25, 0.3) is 0 Å². The predicted octanol–water partition coefficient (Wildman–Crippen LogP) is 2.23. The fourth-order valence-electron chi connectivity index (χ4n) is 1.68. The summed E-state index contributed by atoms with van der Waals surface area (Å²) in [4.78, 5) is 33.3. The topological polar surface area (TPSA) is 84.5 Å². The molecule has 2 N–H and O–H groups in total. The number of hydrogen-bond donors (Lipinski definition) is 2. The van der Waals surface area contributed by atoms with Crippen LogP contribution in [0.1, 0.15) is 39.0 Å². The van der Waals surface area contributed by atoms with E-state index in [0.717, 1.165) is 0 Å². The molecule has 1 unspecified atom stereocenters. The number of hydrogen-bond acceptors (Lipinski definition) is 4. The number of ether oxygens (including phenoxy) is 1. The molecule has 0 aromatic heterocycles. The Bertz CT molecular complexity index is 479. The predicted molar refractivity (Wildman–Crippen MR) is 76.8 cm³/mol. The number of halogens is 6. The summed E-state index contributed by atoms with van der Waals surface area (Å²) in [5.74, 6) is -5.52. The lowest BCUT2D eigenvalue weighted by Crippen LogP contribution is -2.47. The van der Waals surface area contributed by atoms with Gasteiger partial charge >= 0.3 is 30.1 Å². The molecule has 1 atom stereocenters. The van der Waals surface area contributed by atoms with Crippen molar-refractivity contribution in [2.75, 3.05) is 13.2 Å². The molecular weight excluding hydrogens is 374 g/mol. The van der Waals surface area contributed by atoms with Crippen molar-refractivity contribution < 1.29 is 45.5 Å². The first-order valence-corrected chi connectivity index (χ1v) is 7.79. The molecule has 152 valence electrons. The molecule has 0 aromatic carbocycles. The van der Waals surface area contributed by atoms with Crippen LogP contribution in [0, 0.1) is 0 Å². The van der Waals surface area contributed by atoms with Gasteiger partial charge in [0.05, 0.1) is 6.61 Å². The van der Waals surface area contributed by atoms with Crippen LogP contribution in [-0.4, -0.2) is 49.3 Å². The third-order valence-electron chi connectivity index (χ3n) is 3.05. The Labute approximate surface area is 145 Å². The van der Waals surface area contributed by atoms with Crippen molar-refractivity contribution in [3.05, 3.63) is 0 Å². The largest absolute Gasteiger partial charge is 0.471 e. The summed E-state index contributed by atoms with van der Waals surface area (Å²) in [5, 5.41) is 3.09. The Kier molecular flexibility index (Phi) is 10.0. The maximum absolute atomic E-state index is 12.3. The minimum absolute atomic E-state index is 0.0240. The van der Waals surface area contributed by atoms with Gasteiger partial charge in [0.2, 0.25) is 0 Å². The van der Waals surface area contributed by atoms with E-state index in [-0.39, 0.29) is 32.4 Å². The molecule has 0 heterocycles. The van der Waals surface area contributed by atoms with Gasteiger partial charge < -0.3 is 15.4 Å². The van der Waals surface area contributed by atoms with Gasteiger partial charge in [0.1, 0.15) is 6.04 Å². The fourth-order valence-corrected chi connectivity index (χ4v) is 1.68. The zero-order chi connectivity index (χ0) is 20.4. The van der Waals surface area contributed by atoms with Gasteiger partial charge in [0, 0.05) is 6.54 Å². The monoisotopic (exact) mass is 394 g/mol. The summed E-state index contributed by atoms with van der Waals surface area (Å²) in [6.45, 7) is 1.38. The van der Waals surface area contributed by atoms with Crippen LogP contribution in [0.15, 0.2) is 0 Å². The summed E-state index contributed by atoms with van der Waals surface area (Å²) in [7, 11) is 0. The molecule has 0 saturated carbocycles. The number of nitrogens with one attached hydrogen (secondary N) is 2. The smallest absolute Gasteiger partial charge is 0.464 e. The van der Waals surface area contributed by atoms with Crippen LogP contribution >= 0.6 is 0 Å². The number of rotatable bonds is 10. The third-order valence-corrected chi connectivity index (χ3v) is 3.05. The zero-order valence-corrected chi connectivity index (χ0v) is 13.9. The van der Waals surface area contributed by atoms with Crippen LogP contribution < -0.4 is 10.6 Å². The van der Waals surface area contributed by atoms with Gasteiger partial charge in [0.15, 0.2) is 0 Å². The number of unbranched alkanes of at least 4 members (excludes halogenated alkanes) is 2. The second-order valence-electron chi connectivity index (χ2n) is 5.29. The Balaban J connectivity index is 4.50. The van der Waals surface area contributed by atoms with Crippen molar-refractivity contribution in [2.24, 2.45) is 0 Å². The van der Waals surface area contributed by atoms with Crippen LogP contribution in [0.25, 0.3) is 0 Å². The Morgan fingerprint density at radius 1 is 0.923 bits per heavy atom. The molecule has 0 aromatic rings. The SMILES string of the molecule is CCCCOC(=O)C(CCCCNC(=O)C(F)(F)F)NC(=O)C(F)(F)F. The summed E-state index contributed by atoms with van der Waals surface area (Å²) in [5.41, 5.74) is 0. The molecule has 26 heavy (non-hydrogen) atoms. The van der Waals surface area contributed by atoms with E-state index in [2.05, 4.69) is 0 Å². The van der Waals surface area contributed by atoms with Gasteiger partial charge in [-0.05, 0) is 25.7 Å². The van der Waals surface area contributed by atoms with Crippen molar-refractivity contribution in [1.82, 2.24) is 10.6 Å². The second-order valence-corrected chi connectivity index (χ2v) is 5.29. The van der Waals surface area contributed by atoms with Gasteiger partial charge in [-0.2, -0.15) is 26.3 Å². The number of carbonyl (C=O) groups excluding carboxylic acids is 3. The lowest BCUT2D eigenvalue weighted by atomic mass is 10.1. The van der Waals surface area contributed by atoms with Crippen molar-refractivity contribution in [1.29, 1.82) is 0 Å². The number of alkyl halides is 6. The van der Waals surface area contributed by atoms with Gasteiger partial charge in [-0.3, -0.25) is 9.59 Å². The molecule has 0 fully saturated rings. The first-order valence-electron chi connectivity index (χ1n) is 7.79. The Morgan fingerprint density at radius 3 is 2.00 bits per heavy atom. The molecular formula is C14H20F6N2O4. The van der Waals surface area contributed by atoms with Crippen LogP contribution in [0.2, 0.25) is 0 Å². The minimum atomic E-state index is -5.19. The minimum Gasteiger partial charge on any atom is -0.464 e. The van der Waals surface area contributed by atoms with Crippen molar-refractivity contribution >= 4 is 17.8 Å². The second kappa shape index (κ2) is 10.9. The van der Waals surface area contributed by atoms with Crippen molar-refractivity contribution in [3.8, 4) is 0 Å². The molecule has 0 spiro atoms. The van der Waals surface area contributed by atoms with Crippen LogP contribution in [0.5, 0.6) is 0 Å². The lowest BCUT2D eigenvalue weighted by molar-refractivity contribution is -0.176. The Hall–Kier alpha value is -2.01. The molecule has 0 bridgehead atoms. The van der Waals surface area contributed by atoms with E-state index in [0.29, 0.717) is 12.8 Å². The zero-order valence-electron chi connectivity index (χ0n) is 13.9. The van der Waals surface area contributed by atoms with Gasteiger partial charge in [-0.1, -0.05) is 13.3 Å². The highest BCUT2D eigenvalue weighted by molar-refractivity contribution is 5.87. The van der Waals surface area contributed by atoms with E-state index < -0.39 is 36.2 Å². The maximum Gasteiger partial charge on any atom is 0.471 e. The van der Waals surface area contributed by atoms with E-state index in [4.69, 9.17) is 4.74 Å². The molecule has 12 heteroatoms. The van der Waals surface area contributed by atoms with Crippen LogP contribution in [-0.2, 0) is 19.1 Å². The quantitative estimate of drug-likeness (QED) is 0.338. The molecule has 0 aliphatic rings. The standard InChI is InChI=1S/C14H20F6N2O4/c1-2-3-8-26-10(23)9(22-12(25)14(18,19)20)6-4-5-7-21-11(24)13(15,16)17/h9H,2-8H2,1H3,(H,21,24)(H,22,25). The summed E-state index contributed by atoms with van der Waals surface area (Å²) < 4.78 is 77.6. The number of carbonyl (C=O) groups is 3. The molecule has 0 saturated heterocycles. The normalized spacial score (nSPS) is 13.0. The highest BCUT2D eigenvalue weighted by atomic mass is 19.4. The van der Waals surface area contributed by atoms with E-state index in [1.807, 2.05) is 0 Å². The molecule has 2 amide bonds. The first-order chi connectivity index (χ1) is 11.9. The molecule has 0 aliphatic carbocycles. The Morgan fingerprint density at radius 2 is 1.50 bits per heavy atom. The van der Waals surface area contributed by atoms with Gasteiger partial charge in [-0.25, -0.2) is 4.79 Å². The fraction of sp³-hybridized carbons (Fsp3) is 0.786. The summed E-state index contributed by atoms with van der Waals surface area (Å²) >= 11 is 0. The highest BCUT2D eigenvalue weighted by Gasteiger charge is 2.41. The van der Waals surface area contributed by atoms with E-state index >= 15 is 0 Å². The summed E-state index contributed by atoms with van der Waals surface area (Å²) in [6, 6.07) is -1.58. The van der Waals surface area contributed by atoms with Crippen LogP contribution in [0.4, 0.5) is 26.3 Å². The summed E-state index contributed by atoms with van der Waals surface area (Å²) in [6.07, 6.45) is -9.42. The van der Waals surface area contributed by atoms with Crippen molar-refractivity contribution in [2.45, 2.75) is 57.4 Å². The van der Waals surface area contributed by atoms with E-state index in [1.54, 1.807) is 12.2 Å². The number of esters is 1. The third kappa shape index (κ3) is 10.1. The lowest BCUT2D eigenvalue weighted by Gasteiger charge is -2.18.